The molecule has 94 valence electrons. The third-order valence-corrected chi connectivity index (χ3v) is 3.22. The molecule has 2 heteroatoms. The molecule has 0 radical (unpaired) electrons. The van der Waals surface area contributed by atoms with Crippen molar-refractivity contribution in [3.05, 3.63) is 65.0 Å². The van der Waals surface area contributed by atoms with E-state index in [1.807, 2.05) is 6.20 Å². The van der Waals surface area contributed by atoms with E-state index in [0.717, 1.165) is 12.2 Å². The van der Waals surface area contributed by atoms with E-state index >= 15 is 0 Å². The van der Waals surface area contributed by atoms with Crippen molar-refractivity contribution in [2.75, 3.05) is 0 Å². The molecule has 1 heterocycles. The van der Waals surface area contributed by atoms with Gasteiger partial charge < -0.3 is 5.32 Å². The standard InChI is InChI=1S/C16H20N2/c1-12-8-9-15(18-10-12)11-17-14(3)16-7-5-4-6-13(16)2/h4-10,14,17H,11H2,1-3H3/t14-/m0/s1. The Kier molecular flexibility index (Phi) is 4.11. The summed E-state index contributed by atoms with van der Waals surface area (Å²) in [6.07, 6.45) is 1.91. The van der Waals surface area contributed by atoms with Crippen LogP contribution in [0.25, 0.3) is 0 Å². The first-order valence-corrected chi connectivity index (χ1v) is 6.37. The monoisotopic (exact) mass is 240 g/mol. The minimum Gasteiger partial charge on any atom is -0.305 e. The molecule has 0 saturated heterocycles. The molecule has 1 N–H and O–H groups in total. The Bertz CT molecular complexity index is 503. The summed E-state index contributed by atoms with van der Waals surface area (Å²) in [7, 11) is 0. The van der Waals surface area contributed by atoms with Crippen molar-refractivity contribution in [1.82, 2.24) is 10.3 Å². The van der Waals surface area contributed by atoms with Crippen LogP contribution in [0.1, 0.15) is 35.3 Å². The Hall–Kier alpha value is -1.67. The number of aryl methyl sites for hydroxylation is 2. The van der Waals surface area contributed by atoms with E-state index in [-0.39, 0.29) is 0 Å². The van der Waals surface area contributed by atoms with Gasteiger partial charge >= 0.3 is 0 Å². The van der Waals surface area contributed by atoms with Crippen molar-refractivity contribution in [3.8, 4) is 0 Å². The smallest absolute Gasteiger partial charge is 0.0542 e. The predicted octanol–water partition coefficient (Wildman–Crippen LogP) is 3.55. The molecule has 0 aliphatic carbocycles. The van der Waals surface area contributed by atoms with Crippen LogP contribution in [0, 0.1) is 13.8 Å². The third-order valence-electron chi connectivity index (χ3n) is 3.22. The quantitative estimate of drug-likeness (QED) is 0.884. The number of hydrogen-bond donors (Lipinski definition) is 1. The maximum Gasteiger partial charge on any atom is 0.0542 e. The molecule has 1 aromatic heterocycles. The Morgan fingerprint density at radius 1 is 1.11 bits per heavy atom. The topological polar surface area (TPSA) is 24.9 Å². The number of benzene rings is 1. The normalized spacial score (nSPS) is 12.4. The predicted molar refractivity (Wildman–Crippen MR) is 75.4 cm³/mol. The molecule has 18 heavy (non-hydrogen) atoms. The summed E-state index contributed by atoms with van der Waals surface area (Å²) >= 11 is 0. The van der Waals surface area contributed by atoms with Gasteiger partial charge in [0.05, 0.1) is 5.69 Å². The second kappa shape index (κ2) is 5.78. The molecule has 1 aromatic carbocycles. The highest BCUT2D eigenvalue weighted by molar-refractivity contribution is 5.28. The maximum atomic E-state index is 4.40. The first-order chi connectivity index (χ1) is 8.66. The van der Waals surface area contributed by atoms with E-state index in [2.05, 4.69) is 67.5 Å². The van der Waals surface area contributed by atoms with Crippen molar-refractivity contribution in [2.24, 2.45) is 0 Å². The molecule has 0 amide bonds. The van der Waals surface area contributed by atoms with E-state index in [1.54, 1.807) is 0 Å². The molecular weight excluding hydrogens is 220 g/mol. The number of pyridine rings is 1. The van der Waals surface area contributed by atoms with E-state index in [9.17, 15) is 0 Å². The third kappa shape index (κ3) is 3.17. The highest BCUT2D eigenvalue weighted by atomic mass is 14.9. The summed E-state index contributed by atoms with van der Waals surface area (Å²) in [5.41, 5.74) is 4.96. The minimum atomic E-state index is 0.342. The van der Waals surface area contributed by atoms with Gasteiger partial charge in [0.2, 0.25) is 0 Å². The van der Waals surface area contributed by atoms with Gasteiger partial charge in [-0.25, -0.2) is 0 Å². The molecule has 0 aliphatic rings. The zero-order chi connectivity index (χ0) is 13.0. The van der Waals surface area contributed by atoms with Crippen LogP contribution in [-0.2, 0) is 6.54 Å². The van der Waals surface area contributed by atoms with Crippen LogP contribution in [-0.4, -0.2) is 4.98 Å². The van der Waals surface area contributed by atoms with Crippen molar-refractivity contribution in [1.29, 1.82) is 0 Å². The molecule has 2 nitrogen and oxygen atoms in total. The molecular formula is C16H20N2. The Labute approximate surface area is 109 Å². The molecule has 0 saturated carbocycles. The van der Waals surface area contributed by atoms with Crippen LogP contribution in [0.15, 0.2) is 42.6 Å². The Balaban J connectivity index is 1.98. The summed E-state index contributed by atoms with van der Waals surface area (Å²) in [6, 6.07) is 13.0. The van der Waals surface area contributed by atoms with Crippen molar-refractivity contribution >= 4 is 0 Å². The highest BCUT2D eigenvalue weighted by Crippen LogP contribution is 2.16. The Morgan fingerprint density at radius 3 is 2.56 bits per heavy atom. The van der Waals surface area contributed by atoms with E-state index in [1.165, 1.54) is 16.7 Å². The fourth-order valence-electron chi connectivity index (χ4n) is 2.04. The van der Waals surface area contributed by atoms with Crippen LogP contribution in [0.4, 0.5) is 0 Å². The van der Waals surface area contributed by atoms with Crippen molar-refractivity contribution < 1.29 is 0 Å². The molecule has 0 bridgehead atoms. The van der Waals surface area contributed by atoms with Gasteiger partial charge in [-0.05, 0) is 43.5 Å². The summed E-state index contributed by atoms with van der Waals surface area (Å²) < 4.78 is 0. The highest BCUT2D eigenvalue weighted by Gasteiger charge is 2.07. The van der Waals surface area contributed by atoms with Crippen LogP contribution in [0.2, 0.25) is 0 Å². The summed E-state index contributed by atoms with van der Waals surface area (Å²) in [4.78, 5) is 4.40. The van der Waals surface area contributed by atoms with E-state index in [4.69, 9.17) is 0 Å². The number of hydrogen-bond acceptors (Lipinski definition) is 2. The second-order valence-corrected chi connectivity index (χ2v) is 4.79. The van der Waals surface area contributed by atoms with Crippen LogP contribution in [0.3, 0.4) is 0 Å². The zero-order valence-corrected chi connectivity index (χ0v) is 11.3. The van der Waals surface area contributed by atoms with Gasteiger partial charge in [0.1, 0.15) is 0 Å². The van der Waals surface area contributed by atoms with Crippen molar-refractivity contribution in [3.63, 3.8) is 0 Å². The SMILES string of the molecule is Cc1ccc(CN[C@@H](C)c2ccccc2C)nc1. The number of rotatable bonds is 4. The van der Waals surface area contributed by atoms with Crippen LogP contribution < -0.4 is 5.32 Å². The molecule has 0 unspecified atom stereocenters. The van der Waals surface area contributed by atoms with Gasteiger partial charge in [0.25, 0.3) is 0 Å². The first kappa shape index (κ1) is 12.8. The fraction of sp³-hybridized carbons (Fsp3) is 0.312. The molecule has 0 spiro atoms. The van der Waals surface area contributed by atoms with Gasteiger partial charge in [0.15, 0.2) is 0 Å². The lowest BCUT2D eigenvalue weighted by Gasteiger charge is -2.16. The average molecular weight is 240 g/mol. The van der Waals surface area contributed by atoms with Gasteiger partial charge in [-0.2, -0.15) is 0 Å². The summed E-state index contributed by atoms with van der Waals surface area (Å²) in [6.45, 7) is 7.20. The molecule has 0 aliphatic heterocycles. The van der Waals surface area contributed by atoms with E-state index in [0.29, 0.717) is 6.04 Å². The van der Waals surface area contributed by atoms with Gasteiger partial charge in [0, 0.05) is 18.8 Å². The summed E-state index contributed by atoms with van der Waals surface area (Å²) in [5, 5.41) is 3.51. The molecule has 2 rings (SSSR count). The Morgan fingerprint density at radius 2 is 1.89 bits per heavy atom. The lowest BCUT2D eigenvalue weighted by atomic mass is 10.0. The molecule has 0 fully saturated rings. The van der Waals surface area contributed by atoms with Crippen LogP contribution >= 0.6 is 0 Å². The second-order valence-electron chi connectivity index (χ2n) is 4.79. The number of nitrogens with zero attached hydrogens (tertiary/aromatic N) is 1. The lowest BCUT2D eigenvalue weighted by Crippen LogP contribution is -2.19. The maximum absolute atomic E-state index is 4.40. The van der Waals surface area contributed by atoms with E-state index < -0.39 is 0 Å². The first-order valence-electron chi connectivity index (χ1n) is 6.37. The summed E-state index contributed by atoms with van der Waals surface area (Å²) in [5.74, 6) is 0. The number of aromatic nitrogens is 1. The van der Waals surface area contributed by atoms with Crippen molar-refractivity contribution in [2.45, 2.75) is 33.4 Å². The molecule has 2 aromatic rings. The lowest BCUT2D eigenvalue weighted by molar-refractivity contribution is 0.565. The largest absolute Gasteiger partial charge is 0.305 e. The number of nitrogens with one attached hydrogen (secondary N) is 1. The minimum absolute atomic E-state index is 0.342. The fourth-order valence-corrected chi connectivity index (χ4v) is 2.04. The average Bonchev–Trinajstić information content (AvgIpc) is 2.38. The van der Waals surface area contributed by atoms with Crippen LogP contribution in [0.5, 0.6) is 0 Å². The van der Waals surface area contributed by atoms with Gasteiger partial charge in [-0.1, -0.05) is 30.3 Å². The molecule has 1 atom stereocenters. The zero-order valence-electron chi connectivity index (χ0n) is 11.3. The van der Waals surface area contributed by atoms with Gasteiger partial charge in [-0.3, -0.25) is 4.98 Å². The van der Waals surface area contributed by atoms with Gasteiger partial charge in [-0.15, -0.1) is 0 Å².